The van der Waals surface area contributed by atoms with Crippen molar-refractivity contribution in [3.8, 4) is 5.88 Å². The highest BCUT2D eigenvalue weighted by Crippen LogP contribution is 2.37. The third-order valence-corrected chi connectivity index (χ3v) is 8.95. The molecular formula is C26H31N5O5S. The van der Waals surface area contributed by atoms with E-state index in [4.69, 9.17) is 15.2 Å². The number of sulfone groups is 1. The Hall–Kier alpha value is -3.31. The molecule has 196 valence electrons. The van der Waals surface area contributed by atoms with Gasteiger partial charge in [0.1, 0.15) is 17.7 Å². The van der Waals surface area contributed by atoms with Crippen LogP contribution in [-0.4, -0.2) is 53.6 Å². The van der Waals surface area contributed by atoms with E-state index in [1.165, 1.54) is 6.26 Å². The molecule has 1 aliphatic carbocycles. The second kappa shape index (κ2) is 9.21. The van der Waals surface area contributed by atoms with Crippen LogP contribution in [0, 0.1) is 0 Å². The summed E-state index contributed by atoms with van der Waals surface area (Å²) in [5.74, 6) is 1.15. The summed E-state index contributed by atoms with van der Waals surface area (Å²) in [7, 11) is -3.08. The monoisotopic (exact) mass is 525 g/mol. The Balaban J connectivity index is 1.48. The fourth-order valence-electron chi connectivity index (χ4n) is 4.62. The maximum absolute atomic E-state index is 12.1. The zero-order valence-electron chi connectivity index (χ0n) is 21.3. The molecule has 1 aliphatic heterocycles. The minimum Gasteiger partial charge on any atom is -0.474 e. The average Bonchev–Trinajstić information content (AvgIpc) is 2.82. The number of carbonyl (C=O) groups is 1. The molecule has 0 aromatic carbocycles. The molecule has 0 saturated heterocycles. The molecule has 10 nitrogen and oxygen atoms in total. The van der Waals surface area contributed by atoms with Gasteiger partial charge in [0.2, 0.25) is 5.88 Å². The number of fused-ring (bicyclic) bond motifs is 2. The minimum atomic E-state index is -3.08. The van der Waals surface area contributed by atoms with Gasteiger partial charge in [0.15, 0.2) is 9.84 Å². The Morgan fingerprint density at radius 3 is 2.65 bits per heavy atom. The number of rotatable bonds is 7. The summed E-state index contributed by atoms with van der Waals surface area (Å²) in [4.78, 5) is 25.8. The number of carbonyl (C=O) groups excluding carboxylic acids is 1. The lowest BCUT2D eigenvalue weighted by atomic mass is 9.88. The van der Waals surface area contributed by atoms with Gasteiger partial charge < -0.3 is 20.5 Å². The number of ether oxygens (including phenoxy) is 2. The first-order valence-electron chi connectivity index (χ1n) is 12.3. The molecule has 5 rings (SSSR count). The molecule has 11 heteroatoms. The van der Waals surface area contributed by atoms with E-state index in [0.717, 1.165) is 10.9 Å². The van der Waals surface area contributed by atoms with Crippen LogP contribution in [0.4, 0.5) is 11.6 Å². The zero-order chi connectivity index (χ0) is 26.5. The number of cyclic esters (lactones) is 1. The van der Waals surface area contributed by atoms with Crippen molar-refractivity contribution < 1.29 is 22.7 Å². The predicted octanol–water partition coefficient (Wildman–Crippen LogP) is 3.58. The minimum absolute atomic E-state index is 0.00676. The topological polar surface area (TPSA) is 146 Å². The standard InChI is InChI=1S/C26H31N5O5S/c1-5-26(3,27)20-12-29-24(36-15-8-16(9-15)37(4,33)34)19-11-28-22(10-18(19)20)30-21-7-6-17-23(31-21)14(2)13-35-25(17)32/h6-7,10-12,14-16H,5,8-9,13,27H2,1-4H3,(H,28,30,31)/t14-,15?,16?,26?/m1/s1. The molecule has 0 radical (unpaired) electrons. The summed E-state index contributed by atoms with van der Waals surface area (Å²) < 4.78 is 34.8. The van der Waals surface area contributed by atoms with Crippen LogP contribution in [0.1, 0.15) is 67.6 Å². The van der Waals surface area contributed by atoms with Gasteiger partial charge in [-0.05, 0) is 42.5 Å². The van der Waals surface area contributed by atoms with Gasteiger partial charge in [0.25, 0.3) is 0 Å². The van der Waals surface area contributed by atoms with Crippen molar-refractivity contribution in [3.05, 3.63) is 47.4 Å². The number of nitrogens with two attached hydrogens (primary N) is 1. The largest absolute Gasteiger partial charge is 0.474 e. The molecule has 3 N–H and O–H groups in total. The lowest BCUT2D eigenvalue weighted by Gasteiger charge is -2.34. The number of nitrogens with zero attached hydrogens (tertiary/aromatic N) is 3. The fourth-order valence-corrected chi connectivity index (χ4v) is 5.75. The van der Waals surface area contributed by atoms with Crippen LogP contribution in [0.2, 0.25) is 0 Å². The Kier molecular flexibility index (Phi) is 6.31. The van der Waals surface area contributed by atoms with Gasteiger partial charge in [-0.3, -0.25) is 0 Å². The van der Waals surface area contributed by atoms with Crippen LogP contribution >= 0.6 is 0 Å². The smallest absolute Gasteiger partial charge is 0.340 e. The van der Waals surface area contributed by atoms with E-state index in [0.29, 0.717) is 60.0 Å². The first kappa shape index (κ1) is 25.3. The van der Waals surface area contributed by atoms with Crippen LogP contribution in [0.25, 0.3) is 10.8 Å². The summed E-state index contributed by atoms with van der Waals surface area (Å²) in [6.45, 7) is 6.23. The first-order chi connectivity index (χ1) is 17.5. The Morgan fingerprint density at radius 2 is 1.95 bits per heavy atom. The molecule has 0 bridgehead atoms. The molecule has 1 unspecified atom stereocenters. The van der Waals surface area contributed by atoms with Crippen molar-refractivity contribution in [3.63, 3.8) is 0 Å². The van der Waals surface area contributed by atoms with Gasteiger partial charge in [-0.1, -0.05) is 13.8 Å². The van der Waals surface area contributed by atoms with Crippen molar-refractivity contribution in [2.24, 2.45) is 5.73 Å². The molecule has 1 saturated carbocycles. The van der Waals surface area contributed by atoms with E-state index in [2.05, 4.69) is 20.3 Å². The number of nitrogens with one attached hydrogen (secondary N) is 1. The van der Waals surface area contributed by atoms with E-state index in [9.17, 15) is 13.2 Å². The van der Waals surface area contributed by atoms with Crippen molar-refractivity contribution in [2.75, 3.05) is 18.2 Å². The van der Waals surface area contributed by atoms with E-state index in [-0.39, 0.29) is 23.2 Å². The Bertz CT molecular complexity index is 1480. The maximum atomic E-state index is 12.1. The number of esters is 1. The Labute approximate surface area is 215 Å². The van der Waals surface area contributed by atoms with Gasteiger partial charge in [-0.15, -0.1) is 0 Å². The van der Waals surface area contributed by atoms with Crippen LogP contribution in [0.15, 0.2) is 30.6 Å². The molecule has 4 heterocycles. The second-order valence-corrected chi connectivity index (χ2v) is 12.6. The lowest BCUT2D eigenvalue weighted by Crippen LogP contribution is -2.42. The molecule has 2 atom stereocenters. The van der Waals surface area contributed by atoms with E-state index < -0.39 is 15.4 Å². The number of aromatic nitrogens is 3. The SMILES string of the molecule is CCC(C)(N)c1cnc(OC2CC(S(C)(=O)=O)C2)c2cnc(Nc3ccc4c(n3)[C@H](C)COC4=O)cc12. The summed E-state index contributed by atoms with van der Waals surface area (Å²) in [6, 6.07) is 5.32. The summed E-state index contributed by atoms with van der Waals surface area (Å²) >= 11 is 0. The van der Waals surface area contributed by atoms with Crippen LogP contribution in [0.5, 0.6) is 5.88 Å². The van der Waals surface area contributed by atoms with E-state index in [1.807, 2.05) is 26.8 Å². The van der Waals surface area contributed by atoms with Crippen molar-refractivity contribution >= 4 is 38.2 Å². The maximum Gasteiger partial charge on any atom is 0.340 e. The molecule has 1 fully saturated rings. The zero-order valence-corrected chi connectivity index (χ0v) is 22.1. The van der Waals surface area contributed by atoms with Gasteiger partial charge in [0.05, 0.1) is 28.5 Å². The molecule has 0 amide bonds. The van der Waals surface area contributed by atoms with Gasteiger partial charge in [0, 0.05) is 42.9 Å². The van der Waals surface area contributed by atoms with E-state index in [1.54, 1.807) is 24.5 Å². The molecule has 37 heavy (non-hydrogen) atoms. The lowest BCUT2D eigenvalue weighted by molar-refractivity contribution is 0.0445. The van der Waals surface area contributed by atoms with Crippen LogP contribution < -0.4 is 15.8 Å². The molecule has 3 aromatic heterocycles. The van der Waals surface area contributed by atoms with E-state index >= 15 is 0 Å². The van der Waals surface area contributed by atoms with Crippen molar-refractivity contribution in [1.29, 1.82) is 0 Å². The fraction of sp³-hybridized carbons (Fsp3) is 0.462. The number of hydrogen-bond acceptors (Lipinski definition) is 10. The average molecular weight is 526 g/mol. The second-order valence-electron chi connectivity index (χ2n) is 10.3. The van der Waals surface area contributed by atoms with Gasteiger partial charge in [-0.25, -0.2) is 28.2 Å². The molecular weight excluding hydrogens is 494 g/mol. The van der Waals surface area contributed by atoms with Crippen LogP contribution in [-0.2, 0) is 20.1 Å². The normalized spacial score (nSPS) is 22.9. The third-order valence-electron chi connectivity index (χ3n) is 7.35. The highest BCUT2D eigenvalue weighted by Gasteiger charge is 2.38. The van der Waals surface area contributed by atoms with Crippen LogP contribution in [0.3, 0.4) is 0 Å². The molecule has 2 aliphatic rings. The number of pyridine rings is 3. The van der Waals surface area contributed by atoms with Crippen molar-refractivity contribution in [1.82, 2.24) is 15.0 Å². The Morgan fingerprint density at radius 1 is 1.19 bits per heavy atom. The third kappa shape index (κ3) is 4.85. The summed E-state index contributed by atoms with van der Waals surface area (Å²) in [5.41, 5.74) is 7.99. The summed E-state index contributed by atoms with van der Waals surface area (Å²) in [6.07, 6.45) is 6.01. The number of anilines is 2. The first-order valence-corrected chi connectivity index (χ1v) is 14.3. The molecule has 0 spiro atoms. The van der Waals surface area contributed by atoms with Gasteiger partial charge in [-0.2, -0.15) is 0 Å². The highest BCUT2D eigenvalue weighted by molar-refractivity contribution is 7.91. The number of hydrogen-bond donors (Lipinski definition) is 2. The van der Waals surface area contributed by atoms with Gasteiger partial charge >= 0.3 is 5.97 Å². The predicted molar refractivity (Wildman–Crippen MR) is 140 cm³/mol. The van der Waals surface area contributed by atoms with Crippen molar-refractivity contribution in [2.45, 2.75) is 62.8 Å². The molecule has 3 aromatic rings. The quantitative estimate of drug-likeness (QED) is 0.439. The summed E-state index contributed by atoms with van der Waals surface area (Å²) in [5, 5.41) is 4.40. The highest BCUT2D eigenvalue weighted by atomic mass is 32.2.